The van der Waals surface area contributed by atoms with Gasteiger partial charge in [-0.2, -0.15) is 5.10 Å². The van der Waals surface area contributed by atoms with Crippen LogP contribution in [0.1, 0.15) is 16.1 Å². The Morgan fingerprint density at radius 3 is 2.61 bits per heavy atom. The fourth-order valence-corrected chi connectivity index (χ4v) is 2.47. The van der Waals surface area contributed by atoms with E-state index in [1.54, 1.807) is 0 Å². The molecule has 0 spiro atoms. The predicted octanol–water partition coefficient (Wildman–Crippen LogP) is 1.03. The molecule has 0 saturated carbocycles. The number of nitrogens with zero attached hydrogens (tertiary/aromatic N) is 3. The van der Waals surface area contributed by atoms with Crippen molar-refractivity contribution in [2.24, 2.45) is 5.10 Å². The van der Waals surface area contributed by atoms with Crippen molar-refractivity contribution in [3.8, 4) is 17.1 Å². The zero-order valence-corrected chi connectivity index (χ0v) is 14.1. The van der Waals surface area contributed by atoms with E-state index in [1.165, 1.54) is 30.3 Å². The first-order chi connectivity index (χ1) is 13.3. The third-order valence-corrected chi connectivity index (χ3v) is 3.79. The van der Waals surface area contributed by atoms with E-state index >= 15 is 0 Å². The summed E-state index contributed by atoms with van der Waals surface area (Å²) in [4.78, 5) is 46.0. The van der Waals surface area contributed by atoms with Crippen molar-refractivity contribution in [1.29, 1.82) is 0 Å². The van der Waals surface area contributed by atoms with Crippen LogP contribution in [0.4, 0.5) is 4.79 Å². The van der Waals surface area contributed by atoms with Crippen LogP contribution in [0.5, 0.6) is 5.75 Å². The van der Waals surface area contributed by atoms with Crippen molar-refractivity contribution >= 4 is 30.1 Å². The first kappa shape index (κ1) is 18.6. The standard InChI is InChI=1S/C17H13N3O8/c21-12-3-1-9(5-11(12)16(25)26)13-4-2-10(28-13)6-18-20-7-14(22)19(17(20)27)8-15(23)24/h1-6,21H,7-8H2,(H,23,24)(H,25,26)/b18-6+. The van der Waals surface area contributed by atoms with Gasteiger partial charge in [-0.25, -0.2) is 19.5 Å². The van der Waals surface area contributed by atoms with Gasteiger partial charge in [0, 0.05) is 5.56 Å². The highest BCUT2D eigenvalue weighted by Gasteiger charge is 2.37. The molecule has 144 valence electrons. The lowest BCUT2D eigenvalue weighted by atomic mass is 10.1. The first-order valence-electron chi connectivity index (χ1n) is 7.80. The number of hydrogen-bond donors (Lipinski definition) is 3. The summed E-state index contributed by atoms with van der Waals surface area (Å²) in [5.74, 6) is -3.19. The summed E-state index contributed by atoms with van der Waals surface area (Å²) < 4.78 is 5.50. The number of carbonyl (C=O) groups is 4. The Balaban J connectivity index is 1.76. The highest BCUT2D eigenvalue weighted by atomic mass is 16.4. The maximum atomic E-state index is 12.0. The van der Waals surface area contributed by atoms with Crippen LogP contribution < -0.4 is 0 Å². The summed E-state index contributed by atoms with van der Waals surface area (Å²) in [5, 5.41) is 31.9. The molecule has 0 radical (unpaired) electrons. The number of rotatable bonds is 6. The van der Waals surface area contributed by atoms with E-state index in [2.05, 4.69) is 5.10 Å². The summed E-state index contributed by atoms with van der Waals surface area (Å²) >= 11 is 0. The minimum atomic E-state index is -1.32. The van der Waals surface area contributed by atoms with E-state index in [-0.39, 0.29) is 17.1 Å². The van der Waals surface area contributed by atoms with Crippen LogP contribution in [0.25, 0.3) is 11.3 Å². The van der Waals surface area contributed by atoms with Crippen molar-refractivity contribution < 1.29 is 38.9 Å². The molecule has 0 atom stereocenters. The number of hydrogen-bond acceptors (Lipinski definition) is 7. The Bertz CT molecular complexity index is 1010. The Morgan fingerprint density at radius 2 is 1.93 bits per heavy atom. The van der Waals surface area contributed by atoms with E-state index in [1.807, 2.05) is 0 Å². The number of furan rings is 1. The second-order valence-corrected chi connectivity index (χ2v) is 5.70. The minimum absolute atomic E-state index is 0.205. The lowest BCUT2D eigenvalue weighted by molar-refractivity contribution is -0.141. The molecule has 11 heteroatoms. The van der Waals surface area contributed by atoms with E-state index in [9.17, 15) is 24.3 Å². The summed E-state index contributed by atoms with van der Waals surface area (Å²) in [5.41, 5.74) is 0.110. The van der Waals surface area contributed by atoms with E-state index in [4.69, 9.17) is 14.6 Å². The summed E-state index contributed by atoms with van der Waals surface area (Å²) in [6.45, 7) is -1.14. The van der Waals surface area contributed by atoms with E-state index in [0.29, 0.717) is 16.2 Å². The monoisotopic (exact) mass is 387 g/mol. The van der Waals surface area contributed by atoms with Crippen LogP contribution >= 0.6 is 0 Å². The number of aliphatic carboxylic acids is 1. The number of carboxylic acid groups (broad SMARTS) is 2. The third kappa shape index (κ3) is 3.67. The van der Waals surface area contributed by atoms with Crippen LogP contribution in [-0.2, 0) is 9.59 Å². The van der Waals surface area contributed by atoms with Gasteiger partial charge < -0.3 is 19.7 Å². The van der Waals surface area contributed by atoms with Crippen LogP contribution in [0.15, 0.2) is 39.9 Å². The molecule has 3 N–H and O–H groups in total. The molecule has 0 aliphatic carbocycles. The van der Waals surface area contributed by atoms with Gasteiger partial charge in [0.05, 0.1) is 6.21 Å². The maximum absolute atomic E-state index is 12.0. The fraction of sp³-hybridized carbons (Fsp3) is 0.118. The molecule has 1 aliphatic rings. The van der Waals surface area contributed by atoms with Gasteiger partial charge in [-0.15, -0.1) is 0 Å². The molecule has 0 unspecified atom stereocenters. The average Bonchev–Trinajstić information content (AvgIpc) is 3.20. The zero-order valence-electron chi connectivity index (χ0n) is 14.1. The molecule has 11 nitrogen and oxygen atoms in total. The molecule has 1 saturated heterocycles. The molecule has 3 rings (SSSR count). The van der Waals surface area contributed by atoms with Crippen molar-refractivity contribution in [1.82, 2.24) is 9.91 Å². The van der Waals surface area contributed by atoms with Crippen molar-refractivity contribution in [2.75, 3.05) is 13.1 Å². The Hall–Kier alpha value is -4.15. The number of phenols is 1. The second kappa shape index (κ2) is 7.23. The minimum Gasteiger partial charge on any atom is -0.507 e. The molecule has 1 aromatic carbocycles. The van der Waals surface area contributed by atoms with E-state index in [0.717, 1.165) is 11.2 Å². The maximum Gasteiger partial charge on any atom is 0.348 e. The number of aromatic hydroxyl groups is 1. The number of imide groups is 1. The Labute approximate surface area is 156 Å². The van der Waals surface area contributed by atoms with Crippen LogP contribution in [0.3, 0.4) is 0 Å². The number of aromatic carboxylic acids is 1. The van der Waals surface area contributed by atoms with Crippen molar-refractivity contribution in [2.45, 2.75) is 0 Å². The largest absolute Gasteiger partial charge is 0.507 e. The number of hydrazone groups is 1. The number of urea groups is 1. The summed E-state index contributed by atoms with van der Waals surface area (Å²) in [7, 11) is 0. The smallest absolute Gasteiger partial charge is 0.348 e. The number of amides is 3. The highest BCUT2D eigenvalue weighted by Crippen LogP contribution is 2.27. The zero-order chi connectivity index (χ0) is 20.4. The number of carboxylic acids is 2. The van der Waals surface area contributed by atoms with Gasteiger partial charge in [-0.3, -0.25) is 9.59 Å². The lowest BCUT2D eigenvalue weighted by Gasteiger charge is -2.10. The topological polar surface area (TPSA) is 161 Å². The molecular weight excluding hydrogens is 374 g/mol. The molecule has 1 aromatic heterocycles. The van der Waals surface area contributed by atoms with Gasteiger partial charge in [0.15, 0.2) is 0 Å². The number of carbonyl (C=O) groups excluding carboxylic acids is 2. The summed E-state index contributed by atoms with van der Waals surface area (Å²) in [6.07, 6.45) is 1.16. The second-order valence-electron chi connectivity index (χ2n) is 5.70. The highest BCUT2D eigenvalue weighted by molar-refractivity contribution is 6.04. The molecule has 3 amide bonds. The van der Waals surface area contributed by atoms with Crippen LogP contribution in [-0.4, -0.2) is 68.4 Å². The molecule has 0 bridgehead atoms. The van der Waals surface area contributed by atoms with Crippen molar-refractivity contribution in [3.63, 3.8) is 0 Å². The third-order valence-electron chi connectivity index (χ3n) is 3.79. The molecular formula is C17H13N3O8. The van der Waals surface area contributed by atoms with Gasteiger partial charge in [-0.1, -0.05) is 0 Å². The van der Waals surface area contributed by atoms with Gasteiger partial charge >= 0.3 is 18.0 Å². The Kier molecular flexibility index (Phi) is 4.81. The average molecular weight is 387 g/mol. The molecule has 2 aromatic rings. The lowest BCUT2D eigenvalue weighted by Crippen LogP contribution is -2.35. The SMILES string of the molecule is O=C(O)CN1C(=O)CN(/N=C/c2ccc(-c3ccc(O)c(C(=O)O)c3)o2)C1=O. The molecule has 1 fully saturated rings. The normalized spacial score (nSPS) is 14.3. The quantitative estimate of drug-likeness (QED) is 0.489. The first-order valence-corrected chi connectivity index (χ1v) is 7.80. The Morgan fingerprint density at radius 1 is 1.18 bits per heavy atom. The van der Waals surface area contributed by atoms with Crippen molar-refractivity contribution in [3.05, 3.63) is 41.7 Å². The fourth-order valence-electron chi connectivity index (χ4n) is 2.47. The van der Waals surface area contributed by atoms with Gasteiger partial charge in [0.25, 0.3) is 5.91 Å². The molecule has 2 heterocycles. The summed E-state index contributed by atoms with van der Waals surface area (Å²) in [6, 6.07) is 6.11. The van der Waals surface area contributed by atoms with Gasteiger partial charge in [0.1, 0.15) is 35.9 Å². The van der Waals surface area contributed by atoms with Crippen LogP contribution in [0, 0.1) is 0 Å². The van der Waals surface area contributed by atoms with Gasteiger partial charge in [0.2, 0.25) is 0 Å². The molecule has 1 aliphatic heterocycles. The van der Waals surface area contributed by atoms with Crippen LogP contribution in [0.2, 0.25) is 0 Å². The van der Waals surface area contributed by atoms with Gasteiger partial charge in [-0.05, 0) is 30.3 Å². The number of benzene rings is 1. The van der Waals surface area contributed by atoms with E-state index < -0.39 is 37.0 Å². The molecule has 28 heavy (non-hydrogen) atoms. The predicted molar refractivity (Wildman–Crippen MR) is 91.8 cm³/mol.